The molecule has 0 saturated carbocycles. The maximum Gasteiger partial charge on any atom is 0.407 e. The van der Waals surface area contributed by atoms with Crippen molar-refractivity contribution < 1.29 is 29.3 Å². The summed E-state index contributed by atoms with van der Waals surface area (Å²) >= 11 is 0. The van der Waals surface area contributed by atoms with E-state index >= 15 is 0 Å². The normalized spacial score (nSPS) is 14.0. The Labute approximate surface area is 199 Å². The summed E-state index contributed by atoms with van der Waals surface area (Å²) in [7, 11) is 0. The molecule has 0 saturated heterocycles. The minimum Gasteiger partial charge on any atom is -0.479 e. The van der Waals surface area contributed by atoms with E-state index in [0.29, 0.717) is 0 Å². The molecule has 0 spiro atoms. The average molecular weight is 469 g/mol. The summed E-state index contributed by atoms with van der Waals surface area (Å²) in [6.45, 7) is 6.96. The lowest BCUT2D eigenvalue weighted by Crippen LogP contribution is -2.59. The van der Waals surface area contributed by atoms with E-state index in [1.54, 1.807) is 27.7 Å². The van der Waals surface area contributed by atoms with E-state index < -0.39 is 29.1 Å². The Morgan fingerprint density at radius 2 is 1.50 bits per heavy atom. The highest BCUT2D eigenvalue weighted by Crippen LogP contribution is 2.44. The van der Waals surface area contributed by atoms with Crippen LogP contribution in [-0.2, 0) is 14.3 Å². The third-order valence-corrected chi connectivity index (χ3v) is 6.88. The second kappa shape index (κ2) is 9.85. The predicted octanol–water partition coefficient (Wildman–Crippen LogP) is 3.28. The van der Waals surface area contributed by atoms with Gasteiger partial charge in [0, 0.05) is 18.9 Å². The maximum absolute atomic E-state index is 12.8. The van der Waals surface area contributed by atoms with Gasteiger partial charge in [-0.2, -0.15) is 0 Å². The van der Waals surface area contributed by atoms with Crippen LogP contribution in [0.3, 0.4) is 0 Å². The van der Waals surface area contributed by atoms with Gasteiger partial charge in [0.05, 0.1) is 11.0 Å². The summed E-state index contributed by atoms with van der Waals surface area (Å²) in [5, 5.41) is 23.6. The van der Waals surface area contributed by atoms with Gasteiger partial charge in [0.25, 0.3) is 0 Å². The average Bonchev–Trinajstić information content (AvgIpc) is 3.10. The van der Waals surface area contributed by atoms with Crippen molar-refractivity contribution in [1.82, 2.24) is 10.6 Å². The monoisotopic (exact) mass is 468 g/mol. The van der Waals surface area contributed by atoms with E-state index in [2.05, 4.69) is 22.8 Å². The zero-order valence-corrected chi connectivity index (χ0v) is 19.9. The molecule has 0 aromatic heterocycles. The van der Waals surface area contributed by atoms with Crippen molar-refractivity contribution in [3.8, 4) is 11.1 Å². The molecule has 1 aliphatic rings. The van der Waals surface area contributed by atoms with Crippen molar-refractivity contribution in [2.75, 3.05) is 13.2 Å². The number of aliphatic hydroxyl groups is 1. The molecule has 3 rings (SSSR count). The number of hydrogen-bond acceptors (Lipinski definition) is 5. The molecule has 1 aliphatic carbocycles. The van der Waals surface area contributed by atoms with Gasteiger partial charge in [-0.3, -0.25) is 4.79 Å². The Hall–Kier alpha value is -3.39. The van der Waals surface area contributed by atoms with Gasteiger partial charge in [-0.1, -0.05) is 48.5 Å². The van der Waals surface area contributed by atoms with Crippen molar-refractivity contribution in [3.05, 3.63) is 59.7 Å². The number of aliphatic carboxylic acids is 1. The number of carboxylic acid groups (broad SMARTS) is 1. The first-order valence-corrected chi connectivity index (χ1v) is 11.3. The van der Waals surface area contributed by atoms with Crippen molar-refractivity contribution in [2.24, 2.45) is 5.41 Å². The number of amides is 2. The van der Waals surface area contributed by atoms with Crippen molar-refractivity contribution >= 4 is 18.0 Å². The van der Waals surface area contributed by atoms with E-state index in [4.69, 9.17) is 9.84 Å². The molecule has 2 aromatic rings. The lowest BCUT2D eigenvalue weighted by atomic mass is 9.73. The van der Waals surface area contributed by atoms with E-state index in [1.165, 1.54) is 0 Å². The van der Waals surface area contributed by atoms with Gasteiger partial charge in [-0.15, -0.1) is 0 Å². The number of carbonyl (C=O) groups excluding carboxylic acids is 2. The second-order valence-corrected chi connectivity index (χ2v) is 9.60. The highest BCUT2D eigenvalue weighted by molar-refractivity contribution is 5.84. The number of rotatable bonds is 9. The smallest absolute Gasteiger partial charge is 0.407 e. The highest BCUT2D eigenvalue weighted by Gasteiger charge is 2.44. The first-order valence-electron chi connectivity index (χ1n) is 11.3. The van der Waals surface area contributed by atoms with Gasteiger partial charge < -0.3 is 25.6 Å². The zero-order valence-electron chi connectivity index (χ0n) is 19.9. The third kappa shape index (κ3) is 5.07. The van der Waals surface area contributed by atoms with Gasteiger partial charge in [0.15, 0.2) is 6.10 Å². The number of ether oxygens (including phenoxy) is 1. The fraction of sp³-hybridized carbons (Fsp3) is 0.423. The van der Waals surface area contributed by atoms with E-state index in [1.807, 2.05) is 36.4 Å². The fourth-order valence-corrected chi connectivity index (χ4v) is 4.00. The molecule has 2 amide bonds. The summed E-state index contributed by atoms with van der Waals surface area (Å²) in [5.41, 5.74) is 2.47. The van der Waals surface area contributed by atoms with Crippen LogP contribution in [0, 0.1) is 5.41 Å². The molecule has 0 bridgehead atoms. The Morgan fingerprint density at radius 3 is 2.03 bits per heavy atom. The molecule has 0 radical (unpaired) electrons. The topological polar surface area (TPSA) is 125 Å². The van der Waals surface area contributed by atoms with Crippen molar-refractivity contribution in [1.29, 1.82) is 0 Å². The van der Waals surface area contributed by atoms with E-state index in [9.17, 15) is 19.5 Å². The molecule has 0 fully saturated rings. The number of benzene rings is 2. The van der Waals surface area contributed by atoms with Gasteiger partial charge in [-0.05, 0) is 49.9 Å². The molecule has 182 valence electrons. The molecule has 8 nitrogen and oxygen atoms in total. The summed E-state index contributed by atoms with van der Waals surface area (Å²) in [6, 6.07) is 16.1. The predicted molar refractivity (Wildman–Crippen MR) is 127 cm³/mol. The van der Waals surface area contributed by atoms with Crippen LogP contribution in [-0.4, -0.2) is 53.0 Å². The lowest BCUT2D eigenvalue weighted by molar-refractivity contribution is -0.147. The van der Waals surface area contributed by atoms with E-state index in [0.717, 1.165) is 22.3 Å². The molecule has 1 atom stereocenters. The van der Waals surface area contributed by atoms with Crippen LogP contribution < -0.4 is 10.6 Å². The Balaban J connectivity index is 1.60. The third-order valence-electron chi connectivity index (χ3n) is 6.88. The number of aliphatic hydroxyl groups excluding tert-OH is 1. The Morgan fingerprint density at radius 1 is 0.971 bits per heavy atom. The SMILES string of the molecule is CC(C)(NC(=O)OCC1c2ccccc2-c2ccccc21)C(C)(C)C(=O)NCCC(O)C(=O)O. The quantitative estimate of drug-likeness (QED) is 0.448. The maximum atomic E-state index is 12.8. The van der Waals surface area contributed by atoms with Gasteiger partial charge in [0.1, 0.15) is 6.61 Å². The number of carbonyl (C=O) groups is 3. The highest BCUT2D eigenvalue weighted by atomic mass is 16.5. The molecule has 1 unspecified atom stereocenters. The summed E-state index contributed by atoms with van der Waals surface area (Å²) < 4.78 is 5.61. The van der Waals surface area contributed by atoms with Crippen LogP contribution in [0.25, 0.3) is 11.1 Å². The van der Waals surface area contributed by atoms with Gasteiger partial charge in [0.2, 0.25) is 5.91 Å². The number of carboxylic acids is 1. The molecular formula is C26H32N2O6. The van der Waals surface area contributed by atoms with Crippen molar-refractivity contribution in [3.63, 3.8) is 0 Å². The van der Waals surface area contributed by atoms with Crippen LogP contribution >= 0.6 is 0 Å². The molecule has 0 heterocycles. The minimum atomic E-state index is -1.55. The second-order valence-electron chi connectivity index (χ2n) is 9.60. The van der Waals surface area contributed by atoms with Crippen LogP contribution in [0.15, 0.2) is 48.5 Å². The van der Waals surface area contributed by atoms with Gasteiger partial charge >= 0.3 is 12.1 Å². The minimum absolute atomic E-state index is 0.00322. The largest absolute Gasteiger partial charge is 0.479 e. The fourth-order valence-electron chi connectivity index (χ4n) is 4.00. The van der Waals surface area contributed by atoms with E-state index in [-0.39, 0.29) is 31.4 Å². The molecule has 8 heteroatoms. The summed E-state index contributed by atoms with van der Waals surface area (Å²) in [5.74, 6) is -1.79. The molecule has 34 heavy (non-hydrogen) atoms. The van der Waals surface area contributed by atoms with Crippen molar-refractivity contribution in [2.45, 2.75) is 51.7 Å². The molecule has 2 aromatic carbocycles. The number of alkyl carbamates (subject to hydrolysis) is 1. The Bertz CT molecular complexity index is 1030. The number of fused-ring (bicyclic) bond motifs is 3. The zero-order chi connectivity index (χ0) is 25.1. The number of hydrogen-bond donors (Lipinski definition) is 4. The first-order chi connectivity index (χ1) is 16.0. The summed E-state index contributed by atoms with van der Waals surface area (Å²) in [4.78, 5) is 36.2. The summed E-state index contributed by atoms with van der Waals surface area (Å²) in [6.07, 6.45) is -2.29. The standard InChI is InChI=1S/C26H32N2O6/c1-25(2,23(32)27-14-13-21(29)22(30)31)26(3,4)28-24(33)34-15-20-18-11-7-5-9-16(18)17-10-6-8-12-19(17)20/h5-12,20-21,29H,13-15H2,1-4H3,(H,27,32)(H,28,33)(H,30,31). The van der Waals surface area contributed by atoms with Gasteiger partial charge in [-0.25, -0.2) is 9.59 Å². The Kier molecular flexibility index (Phi) is 7.31. The molecule has 0 aliphatic heterocycles. The van der Waals surface area contributed by atoms with Crippen LogP contribution in [0.2, 0.25) is 0 Å². The molecule has 4 N–H and O–H groups in total. The lowest BCUT2D eigenvalue weighted by Gasteiger charge is -2.40. The first kappa shape index (κ1) is 25.2. The van der Waals surface area contributed by atoms with Crippen LogP contribution in [0.1, 0.15) is 51.2 Å². The van der Waals surface area contributed by atoms with Crippen LogP contribution in [0.5, 0.6) is 0 Å². The molecular weight excluding hydrogens is 436 g/mol. The van der Waals surface area contributed by atoms with Crippen LogP contribution in [0.4, 0.5) is 4.79 Å². The number of nitrogens with one attached hydrogen (secondary N) is 2.